The summed E-state index contributed by atoms with van der Waals surface area (Å²) in [6, 6.07) is 0. The Morgan fingerprint density at radius 3 is 1.62 bits per heavy atom. The molecule has 2 aromatic heterocycles. The summed E-state index contributed by atoms with van der Waals surface area (Å²) in [4.78, 5) is 50.0. The summed E-state index contributed by atoms with van der Waals surface area (Å²) in [5, 5.41) is 28.2. The van der Waals surface area contributed by atoms with Gasteiger partial charge in [0.2, 0.25) is 0 Å². The highest BCUT2D eigenvalue weighted by molar-refractivity contribution is 5.03. The molecule has 2 fully saturated rings. The van der Waals surface area contributed by atoms with E-state index in [1.807, 2.05) is 6.92 Å². The number of aliphatic hydroxyl groups excluding tert-OH is 3. The number of hydrogen-bond donors (Lipinski definition) is 5. The van der Waals surface area contributed by atoms with E-state index in [0.717, 1.165) is 0 Å². The quantitative estimate of drug-likeness (QED) is 0.341. The molecule has 0 bridgehead atoms. The number of aliphatic hydroxyl groups is 3. The molecule has 0 saturated carbocycles. The highest BCUT2D eigenvalue weighted by Gasteiger charge is 2.35. The second-order valence-corrected chi connectivity index (χ2v) is 8.41. The number of nitrogens with one attached hydrogen (secondary N) is 2. The molecule has 0 amide bonds. The SMILES string of the molecule is CC[C@H]1O[C@@H](n2cc(C)c(=O)[nH]c2=O)CC1O.Cc1cn([C@H]2CC(O)[C@@H](CO)O2)c(=O)[nH]c1=O. The van der Waals surface area contributed by atoms with Gasteiger partial charge in [-0.15, -0.1) is 0 Å². The predicted octanol–water partition coefficient (Wildman–Crippen LogP) is -1.61. The van der Waals surface area contributed by atoms with Gasteiger partial charge in [-0.05, 0) is 20.3 Å². The third kappa shape index (κ3) is 5.45. The number of aromatic nitrogens is 4. The third-order valence-electron chi connectivity index (χ3n) is 5.90. The minimum absolute atomic E-state index is 0.205. The van der Waals surface area contributed by atoms with Crippen molar-refractivity contribution >= 4 is 0 Å². The maximum Gasteiger partial charge on any atom is 0.330 e. The fraction of sp³-hybridized carbons (Fsp3) is 0.619. The van der Waals surface area contributed by atoms with Crippen LogP contribution in [-0.4, -0.2) is 65.4 Å². The monoisotopic (exact) mass is 482 g/mol. The van der Waals surface area contributed by atoms with Crippen LogP contribution in [-0.2, 0) is 9.47 Å². The molecule has 0 spiro atoms. The van der Waals surface area contributed by atoms with Gasteiger partial charge in [-0.3, -0.25) is 28.7 Å². The molecule has 0 radical (unpaired) electrons. The van der Waals surface area contributed by atoms with Crippen LogP contribution in [0.25, 0.3) is 0 Å². The van der Waals surface area contributed by atoms with Gasteiger partial charge in [0.1, 0.15) is 18.6 Å². The van der Waals surface area contributed by atoms with E-state index in [1.54, 1.807) is 13.8 Å². The molecule has 2 unspecified atom stereocenters. The Kier molecular flexibility index (Phi) is 8.05. The first-order chi connectivity index (χ1) is 16.0. The fourth-order valence-electron chi connectivity index (χ4n) is 3.90. The van der Waals surface area contributed by atoms with Crippen molar-refractivity contribution < 1.29 is 24.8 Å². The first-order valence-corrected chi connectivity index (χ1v) is 11.0. The van der Waals surface area contributed by atoms with Crippen LogP contribution in [0.2, 0.25) is 0 Å². The number of aryl methyl sites for hydroxylation is 2. The zero-order chi connectivity index (χ0) is 25.2. The van der Waals surface area contributed by atoms with Gasteiger partial charge >= 0.3 is 11.4 Å². The lowest BCUT2D eigenvalue weighted by molar-refractivity contribution is -0.0459. The zero-order valence-corrected chi connectivity index (χ0v) is 19.1. The molecule has 0 aromatic carbocycles. The van der Waals surface area contributed by atoms with E-state index >= 15 is 0 Å². The Balaban J connectivity index is 0.000000191. The number of aromatic amines is 2. The summed E-state index contributed by atoms with van der Waals surface area (Å²) in [5.41, 5.74) is -1.09. The molecule has 2 aromatic rings. The first-order valence-electron chi connectivity index (χ1n) is 11.0. The number of nitrogens with zero attached hydrogens (tertiary/aromatic N) is 2. The molecule has 2 aliphatic rings. The van der Waals surface area contributed by atoms with Crippen LogP contribution in [0.3, 0.4) is 0 Å². The van der Waals surface area contributed by atoms with Crippen molar-refractivity contribution in [2.24, 2.45) is 0 Å². The Hall–Kier alpha value is -2.84. The molecule has 2 saturated heterocycles. The minimum atomic E-state index is -0.816. The number of H-pyrrole nitrogens is 2. The number of ether oxygens (including phenoxy) is 2. The van der Waals surface area contributed by atoms with Gasteiger partial charge in [-0.25, -0.2) is 9.59 Å². The summed E-state index contributed by atoms with van der Waals surface area (Å²) in [6.45, 7) is 4.80. The van der Waals surface area contributed by atoms with E-state index in [4.69, 9.17) is 14.6 Å². The molecule has 5 N–H and O–H groups in total. The molecule has 6 atom stereocenters. The topological polar surface area (TPSA) is 189 Å². The summed E-state index contributed by atoms with van der Waals surface area (Å²) in [6.07, 6.45) is 0.624. The normalized spacial score (nSPS) is 28.5. The molecule has 4 rings (SSSR count). The largest absolute Gasteiger partial charge is 0.394 e. The molecular weight excluding hydrogens is 452 g/mol. The van der Waals surface area contributed by atoms with Crippen molar-refractivity contribution in [1.82, 2.24) is 19.1 Å². The van der Waals surface area contributed by atoms with Crippen LogP contribution >= 0.6 is 0 Å². The van der Waals surface area contributed by atoms with Crippen LogP contribution in [0, 0.1) is 13.8 Å². The van der Waals surface area contributed by atoms with Crippen molar-refractivity contribution in [3.63, 3.8) is 0 Å². The lowest BCUT2D eigenvalue weighted by Gasteiger charge is -2.14. The average molecular weight is 482 g/mol. The lowest BCUT2D eigenvalue weighted by Crippen LogP contribution is -2.33. The molecule has 13 heteroatoms. The molecule has 2 aliphatic heterocycles. The Labute approximate surface area is 193 Å². The summed E-state index contributed by atoms with van der Waals surface area (Å²) in [5.74, 6) is 0. The van der Waals surface area contributed by atoms with E-state index in [0.29, 0.717) is 24.0 Å². The van der Waals surface area contributed by atoms with E-state index in [2.05, 4.69) is 9.97 Å². The van der Waals surface area contributed by atoms with Gasteiger partial charge in [0.25, 0.3) is 11.1 Å². The standard InChI is InChI=1S/C11H16N2O4.C10H14N2O5/c1-3-8-7(14)4-9(17-8)13-5-6(2)10(15)12-11(13)16;1-5-3-12(10(16)11-9(5)15)8-2-6(14)7(4-13)17-8/h5,7-9,14H,3-4H2,1-2H3,(H,12,15,16);3,6-8,13-14H,2,4H2,1H3,(H,11,15,16)/t7?,8-,9-;6?,7-,8-/m11/s1. The van der Waals surface area contributed by atoms with Crippen molar-refractivity contribution in [2.75, 3.05) is 6.61 Å². The van der Waals surface area contributed by atoms with Gasteiger partial charge in [0.15, 0.2) is 0 Å². The van der Waals surface area contributed by atoms with Gasteiger partial charge in [-0.1, -0.05) is 6.92 Å². The second-order valence-electron chi connectivity index (χ2n) is 8.41. The van der Waals surface area contributed by atoms with Crippen molar-refractivity contribution in [2.45, 2.75) is 76.9 Å². The fourth-order valence-corrected chi connectivity index (χ4v) is 3.90. The zero-order valence-electron chi connectivity index (χ0n) is 19.1. The molecule has 13 nitrogen and oxygen atoms in total. The van der Waals surface area contributed by atoms with Crippen LogP contribution in [0.1, 0.15) is 49.8 Å². The first kappa shape index (κ1) is 25.8. The Morgan fingerprint density at radius 1 is 0.853 bits per heavy atom. The molecule has 4 heterocycles. The molecule has 0 aliphatic carbocycles. The highest BCUT2D eigenvalue weighted by atomic mass is 16.5. The van der Waals surface area contributed by atoms with E-state index in [1.165, 1.54) is 21.5 Å². The summed E-state index contributed by atoms with van der Waals surface area (Å²) < 4.78 is 13.4. The van der Waals surface area contributed by atoms with Gasteiger partial charge in [-0.2, -0.15) is 0 Å². The van der Waals surface area contributed by atoms with Crippen LogP contribution < -0.4 is 22.5 Å². The average Bonchev–Trinajstić information content (AvgIpc) is 3.35. The minimum Gasteiger partial charge on any atom is -0.394 e. The highest BCUT2D eigenvalue weighted by Crippen LogP contribution is 2.29. The van der Waals surface area contributed by atoms with Crippen molar-refractivity contribution in [3.05, 3.63) is 65.2 Å². The third-order valence-corrected chi connectivity index (χ3v) is 5.90. The van der Waals surface area contributed by atoms with E-state index in [9.17, 15) is 29.4 Å². The maximum atomic E-state index is 11.6. The second kappa shape index (κ2) is 10.6. The predicted molar refractivity (Wildman–Crippen MR) is 119 cm³/mol. The van der Waals surface area contributed by atoms with Crippen LogP contribution in [0.15, 0.2) is 31.6 Å². The number of rotatable bonds is 4. The summed E-state index contributed by atoms with van der Waals surface area (Å²) in [7, 11) is 0. The van der Waals surface area contributed by atoms with Crippen molar-refractivity contribution in [3.8, 4) is 0 Å². The van der Waals surface area contributed by atoms with Crippen LogP contribution in [0.4, 0.5) is 0 Å². The van der Waals surface area contributed by atoms with E-state index < -0.39 is 53.3 Å². The van der Waals surface area contributed by atoms with Gasteiger partial charge < -0.3 is 24.8 Å². The smallest absolute Gasteiger partial charge is 0.330 e. The van der Waals surface area contributed by atoms with Crippen LogP contribution in [0.5, 0.6) is 0 Å². The molecule has 188 valence electrons. The maximum absolute atomic E-state index is 11.6. The number of hydrogen-bond acceptors (Lipinski definition) is 9. The van der Waals surface area contributed by atoms with Gasteiger partial charge in [0, 0.05) is 36.4 Å². The molecular formula is C21H30N4O9. The Bertz CT molecular complexity index is 1130. The van der Waals surface area contributed by atoms with E-state index in [-0.39, 0.29) is 19.1 Å². The summed E-state index contributed by atoms with van der Waals surface area (Å²) >= 11 is 0. The Morgan fingerprint density at radius 2 is 1.26 bits per heavy atom. The lowest BCUT2D eigenvalue weighted by atomic mass is 10.1. The van der Waals surface area contributed by atoms with Crippen molar-refractivity contribution in [1.29, 1.82) is 0 Å². The molecule has 34 heavy (non-hydrogen) atoms. The van der Waals surface area contributed by atoms with Gasteiger partial charge in [0.05, 0.1) is 24.9 Å².